The maximum atomic E-state index is 5.87. The highest BCUT2D eigenvalue weighted by Crippen LogP contribution is 2.22. The van der Waals surface area contributed by atoms with E-state index in [4.69, 9.17) is 4.74 Å². The Labute approximate surface area is 132 Å². The van der Waals surface area contributed by atoms with E-state index in [1.54, 1.807) is 0 Å². The van der Waals surface area contributed by atoms with Gasteiger partial charge in [-0.3, -0.25) is 4.98 Å². The van der Waals surface area contributed by atoms with Crippen molar-refractivity contribution >= 4 is 0 Å². The molecule has 116 valence electrons. The minimum atomic E-state index is 0.401. The lowest BCUT2D eigenvalue weighted by atomic mass is 9.97. The third kappa shape index (κ3) is 3.89. The van der Waals surface area contributed by atoms with E-state index in [9.17, 15) is 0 Å². The fourth-order valence-corrected chi connectivity index (χ4v) is 2.72. The Kier molecular flexibility index (Phi) is 4.78. The zero-order chi connectivity index (χ0) is 15.4. The molecule has 1 aliphatic heterocycles. The van der Waals surface area contributed by atoms with Crippen LogP contribution in [-0.2, 0) is 11.2 Å². The third-order valence-corrected chi connectivity index (χ3v) is 4.18. The van der Waals surface area contributed by atoms with Crippen molar-refractivity contribution in [3.05, 3.63) is 42.0 Å². The maximum absolute atomic E-state index is 5.87. The SMILES string of the molecule is Cc1cnc(-c2ccc(CCC3CCC(C)CO3)nc2)nc1. The standard InChI is InChI=1S/C18H23N3O/c1-13-3-7-17(22-12-13)8-6-16-5-4-15(11-19-16)18-20-9-14(2)10-21-18/h4-5,9-11,13,17H,3,6-8,12H2,1-2H3. The molecular formula is C18H23N3O. The van der Waals surface area contributed by atoms with E-state index in [0.717, 1.165) is 42.1 Å². The smallest absolute Gasteiger partial charge is 0.160 e. The number of hydrogen-bond donors (Lipinski definition) is 0. The molecule has 0 N–H and O–H groups in total. The van der Waals surface area contributed by atoms with E-state index in [1.165, 1.54) is 12.8 Å². The minimum Gasteiger partial charge on any atom is -0.378 e. The lowest BCUT2D eigenvalue weighted by Gasteiger charge is -2.26. The summed E-state index contributed by atoms with van der Waals surface area (Å²) < 4.78 is 5.87. The van der Waals surface area contributed by atoms with Crippen LogP contribution in [0.1, 0.15) is 37.4 Å². The molecule has 0 amide bonds. The van der Waals surface area contributed by atoms with Gasteiger partial charge in [0.2, 0.25) is 0 Å². The summed E-state index contributed by atoms with van der Waals surface area (Å²) in [5.74, 6) is 1.44. The van der Waals surface area contributed by atoms with Gasteiger partial charge in [0.25, 0.3) is 0 Å². The monoisotopic (exact) mass is 297 g/mol. The van der Waals surface area contributed by atoms with E-state index in [0.29, 0.717) is 12.0 Å². The molecule has 0 bridgehead atoms. The molecule has 0 aromatic carbocycles. The molecule has 2 unspecified atom stereocenters. The summed E-state index contributed by atoms with van der Waals surface area (Å²) >= 11 is 0. The average molecular weight is 297 g/mol. The Morgan fingerprint density at radius 1 is 1.09 bits per heavy atom. The van der Waals surface area contributed by atoms with Crippen molar-refractivity contribution in [3.63, 3.8) is 0 Å². The average Bonchev–Trinajstić information content (AvgIpc) is 2.56. The molecule has 4 heteroatoms. The Morgan fingerprint density at radius 2 is 1.91 bits per heavy atom. The van der Waals surface area contributed by atoms with Crippen LogP contribution in [0.3, 0.4) is 0 Å². The van der Waals surface area contributed by atoms with Crippen LogP contribution in [0.2, 0.25) is 0 Å². The molecule has 0 spiro atoms. The molecule has 22 heavy (non-hydrogen) atoms. The Bertz CT molecular complexity index is 587. The third-order valence-electron chi connectivity index (χ3n) is 4.18. The summed E-state index contributed by atoms with van der Waals surface area (Å²) in [5, 5.41) is 0. The maximum Gasteiger partial charge on any atom is 0.160 e. The van der Waals surface area contributed by atoms with Crippen LogP contribution < -0.4 is 0 Å². The van der Waals surface area contributed by atoms with E-state index >= 15 is 0 Å². The number of nitrogens with zero attached hydrogens (tertiary/aromatic N) is 3. The molecule has 3 rings (SSSR count). The van der Waals surface area contributed by atoms with Gasteiger partial charge >= 0.3 is 0 Å². The van der Waals surface area contributed by atoms with Crippen LogP contribution in [-0.4, -0.2) is 27.7 Å². The molecule has 4 nitrogen and oxygen atoms in total. The van der Waals surface area contributed by atoms with E-state index in [2.05, 4.69) is 34.0 Å². The molecule has 0 radical (unpaired) electrons. The van der Waals surface area contributed by atoms with Crippen molar-refractivity contribution in [2.75, 3.05) is 6.61 Å². The molecule has 2 atom stereocenters. The van der Waals surface area contributed by atoms with Gasteiger partial charge < -0.3 is 4.74 Å². The van der Waals surface area contributed by atoms with Crippen LogP contribution in [0, 0.1) is 12.8 Å². The van der Waals surface area contributed by atoms with Crippen molar-refractivity contribution < 1.29 is 4.74 Å². The van der Waals surface area contributed by atoms with Crippen molar-refractivity contribution in [1.29, 1.82) is 0 Å². The fourth-order valence-electron chi connectivity index (χ4n) is 2.72. The van der Waals surface area contributed by atoms with Gasteiger partial charge in [-0.2, -0.15) is 0 Å². The highest BCUT2D eigenvalue weighted by Gasteiger charge is 2.18. The highest BCUT2D eigenvalue weighted by atomic mass is 16.5. The van der Waals surface area contributed by atoms with Crippen LogP contribution in [0.4, 0.5) is 0 Å². The highest BCUT2D eigenvalue weighted by molar-refractivity contribution is 5.52. The molecule has 1 aliphatic rings. The second kappa shape index (κ2) is 6.97. The van der Waals surface area contributed by atoms with Crippen LogP contribution >= 0.6 is 0 Å². The van der Waals surface area contributed by atoms with Gasteiger partial charge in [0, 0.05) is 36.5 Å². The summed E-state index contributed by atoms with van der Waals surface area (Å²) in [7, 11) is 0. The summed E-state index contributed by atoms with van der Waals surface area (Å²) in [5.41, 5.74) is 3.14. The molecule has 2 aromatic heterocycles. The number of aryl methyl sites for hydroxylation is 2. The van der Waals surface area contributed by atoms with Gasteiger partial charge in [-0.25, -0.2) is 9.97 Å². The zero-order valence-electron chi connectivity index (χ0n) is 13.3. The normalized spacial score (nSPS) is 21.7. The predicted molar refractivity (Wildman–Crippen MR) is 86.5 cm³/mol. The van der Waals surface area contributed by atoms with Gasteiger partial charge in [-0.15, -0.1) is 0 Å². The number of hydrogen-bond acceptors (Lipinski definition) is 4. The minimum absolute atomic E-state index is 0.401. The van der Waals surface area contributed by atoms with Crippen molar-refractivity contribution in [2.24, 2.45) is 5.92 Å². The first-order chi connectivity index (χ1) is 10.7. The summed E-state index contributed by atoms with van der Waals surface area (Å²) in [6.45, 7) is 5.14. The van der Waals surface area contributed by atoms with E-state index in [1.807, 2.05) is 25.5 Å². The number of pyridine rings is 1. The first-order valence-electron chi connectivity index (χ1n) is 8.06. The summed E-state index contributed by atoms with van der Waals surface area (Å²) in [4.78, 5) is 13.2. The zero-order valence-corrected chi connectivity index (χ0v) is 13.3. The summed E-state index contributed by atoms with van der Waals surface area (Å²) in [6.07, 6.45) is 10.4. The Hall–Kier alpha value is -1.81. The second-order valence-electron chi connectivity index (χ2n) is 6.30. The van der Waals surface area contributed by atoms with Crippen LogP contribution in [0.25, 0.3) is 11.4 Å². The first kappa shape index (κ1) is 15.1. The first-order valence-corrected chi connectivity index (χ1v) is 8.06. The molecular weight excluding hydrogens is 274 g/mol. The molecule has 3 heterocycles. The van der Waals surface area contributed by atoms with Gasteiger partial charge in [0.1, 0.15) is 0 Å². The van der Waals surface area contributed by atoms with Gasteiger partial charge in [-0.05, 0) is 56.2 Å². The summed E-state index contributed by atoms with van der Waals surface area (Å²) in [6, 6.07) is 4.13. The molecule has 1 fully saturated rings. The molecule has 1 saturated heterocycles. The predicted octanol–water partition coefficient (Wildman–Crippen LogP) is 3.59. The van der Waals surface area contributed by atoms with Gasteiger partial charge in [0.15, 0.2) is 5.82 Å². The quantitative estimate of drug-likeness (QED) is 0.865. The van der Waals surface area contributed by atoms with Crippen LogP contribution in [0.15, 0.2) is 30.7 Å². The largest absolute Gasteiger partial charge is 0.378 e. The lowest BCUT2D eigenvalue weighted by Crippen LogP contribution is -2.24. The molecule has 0 saturated carbocycles. The molecule has 2 aromatic rings. The van der Waals surface area contributed by atoms with E-state index in [-0.39, 0.29) is 0 Å². The number of rotatable bonds is 4. The van der Waals surface area contributed by atoms with Gasteiger partial charge in [0.05, 0.1) is 6.10 Å². The number of aromatic nitrogens is 3. The second-order valence-corrected chi connectivity index (χ2v) is 6.30. The topological polar surface area (TPSA) is 47.9 Å². The van der Waals surface area contributed by atoms with Crippen LogP contribution in [0.5, 0.6) is 0 Å². The van der Waals surface area contributed by atoms with Crippen molar-refractivity contribution in [3.8, 4) is 11.4 Å². The fraction of sp³-hybridized carbons (Fsp3) is 0.500. The van der Waals surface area contributed by atoms with Gasteiger partial charge in [-0.1, -0.05) is 6.92 Å². The Balaban J connectivity index is 1.56. The van der Waals surface area contributed by atoms with Crippen molar-refractivity contribution in [1.82, 2.24) is 15.0 Å². The molecule has 0 aliphatic carbocycles. The van der Waals surface area contributed by atoms with E-state index < -0.39 is 0 Å². The van der Waals surface area contributed by atoms with Crippen molar-refractivity contribution in [2.45, 2.75) is 45.6 Å². The Morgan fingerprint density at radius 3 is 2.55 bits per heavy atom. The number of ether oxygens (including phenoxy) is 1. The lowest BCUT2D eigenvalue weighted by molar-refractivity contribution is -0.0148.